The Kier molecular flexibility index (Phi) is 25.0. The number of unbranched alkanes of at least 4 members (excludes halogenated alkanes) is 18. The zero-order chi connectivity index (χ0) is 20.5. The van der Waals surface area contributed by atoms with Gasteiger partial charge in [0.2, 0.25) is 0 Å². The Balaban J connectivity index is 3.44. The topological polar surface area (TPSA) is 0 Å². The van der Waals surface area contributed by atoms with Gasteiger partial charge in [0.1, 0.15) is 0 Å². The van der Waals surface area contributed by atoms with Crippen LogP contribution in [0.15, 0.2) is 0 Å². The van der Waals surface area contributed by atoms with Gasteiger partial charge in [0, 0.05) is 0 Å². The van der Waals surface area contributed by atoms with Crippen molar-refractivity contribution in [1.82, 2.24) is 0 Å². The first-order valence-corrected chi connectivity index (χ1v) is 13.8. The summed E-state index contributed by atoms with van der Waals surface area (Å²) in [4.78, 5) is 0. The molecule has 0 amide bonds. The van der Waals surface area contributed by atoms with Gasteiger partial charge in [-0.2, -0.15) is 0 Å². The molecule has 0 heteroatoms. The molecule has 0 heterocycles. The summed E-state index contributed by atoms with van der Waals surface area (Å²) in [7, 11) is 0. The van der Waals surface area contributed by atoms with Crippen LogP contribution < -0.4 is 0 Å². The summed E-state index contributed by atoms with van der Waals surface area (Å²) in [6.45, 7) is 6.97. The highest BCUT2D eigenvalue weighted by molar-refractivity contribution is 4.61. The summed E-state index contributed by atoms with van der Waals surface area (Å²) < 4.78 is 0. The Morgan fingerprint density at radius 3 is 0.857 bits per heavy atom. The van der Waals surface area contributed by atoms with E-state index in [9.17, 15) is 0 Å². The zero-order valence-electron chi connectivity index (χ0n) is 20.5. The Labute approximate surface area is 181 Å². The van der Waals surface area contributed by atoms with Gasteiger partial charge in [0.15, 0.2) is 0 Å². The maximum absolute atomic E-state index is 2.34. The smallest absolute Gasteiger partial charge is 0.0414 e. The van der Waals surface area contributed by atoms with Crippen molar-refractivity contribution >= 4 is 0 Å². The van der Waals surface area contributed by atoms with Gasteiger partial charge in [-0.1, -0.05) is 175 Å². The SMILES string of the molecule is CCCCCCCCCCCCCCCCC(CCCCC)CCCCCC. The molecule has 0 fully saturated rings. The first-order chi connectivity index (χ1) is 13.8. The third-order valence-corrected chi connectivity index (χ3v) is 6.65. The van der Waals surface area contributed by atoms with E-state index in [-0.39, 0.29) is 0 Å². The molecule has 0 aromatic rings. The monoisotopic (exact) mass is 394 g/mol. The highest BCUT2D eigenvalue weighted by Gasteiger charge is 2.08. The molecular formula is C28H58. The summed E-state index contributed by atoms with van der Waals surface area (Å²) in [5, 5.41) is 0. The summed E-state index contributed by atoms with van der Waals surface area (Å²) in [5.41, 5.74) is 0. The lowest BCUT2D eigenvalue weighted by molar-refractivity contribution is 0.368. The normalized spacial score (nSPS) is 12.5. The minimum Gasteiger partial charge on any atom is -0.0654 e. The van der Waals surface area contributed by atoms with Crippen LogP contribution in [0.25, 0.3) is 0 Å². The van der Waals surface area contributed by atoms with E-state index in [2.05, 4.69) is 20.8 Å². The fourth-order valence-electron chi connectivity index (χ4n) is 4.60. The first kappa shape index (κ1) is 28.0. The van der Waals surface area contributed by atoms with E-state index in [1.54, 1.807) is 0 Å². The van der Waals surface area contributed by atoms with Gasteiger partial charge in [-0.05, 0) is 5.92 Å². The number of hydrogen-bond acceptors (Lipinski definition) is 0. The highest BCUT2D eigenvalue weighted by Crippen LogP contribution is 2.24. The van der Waals surface area contributed by atoms with Crippen molar-refractivity contribution < 1.29 is 0 Å². The average Bonchev–Trinajstić information content (AvgIpc) is 2.71. The lowest BCUT2D eigenvalue weighted by Crippen LogP contribution is -2.01. The van der Waals surface area contributed by atoms with E-state index in [1.165, 1.54) is 154 Å². The van der Waals surface area contributed by atoms with Crippen LogP contribution in [0.4, 0.5) is 0 Å². The summed E-state index contributed by atoms with van der Waals surface area (Å²) in [6.07, 6.45) is 35.3. The molecule has 0 aliphatic heterocycles. The average molecular weight is 395 g/mol. The molecule has 0 bridgehead atoms. The maximum atomic E-state index is 2.34. The molecule has 0 spiro atoms. The summed E-state index contributed by atoms with van der Waals surface area (Å²) in [6, 6.07) is 0. The van der Waals surface area contributed by atoms with Gasteiger partial charge in [-0.25, -0.2) is 0 Å². The van der Waals surface area contributed by atoms with Crippen molar-refractivity contribution in [3.63, 3.8) is 0 Å². The largest absolute Gasteiger partial charge is 0.0654 e. The van der Waals surface area contributed by atoms with Gasteiger partial charge < -0.3 is 0 Å². The molecule has 0 aromatic heterocycles. The molecular weight excluding hydrogens is 336 g/mol. The van der Waals surface area contributed by atoms with Crippen LogP contribution in [0.1, 0.15) is 175 Å². The molecule has 0 saturated carbocycles. The van der Waals surface area contributed by atoms with Crippen molar-refractivity contribution in [3.8, 4) is 0 Å². The molecule has 170 valence electrons. The van der Waals surface area contributed by atoms with E-state index < -0.39 is 0 Å². The molecule has 0 nitrogen and oxygen atoms in total. The van der Waals surface area contributed by atoms with Crippen LogP contribution >= 0.6 is 0 Å². The van der Waals surface area contributed by atoms with Crippen LogP contribution in [0.3, 0.4) is 0 Å². The number of rotatable bonds is 24. The molecule has 1 atom stereocenters. The molecule has 0 radical (unpaired) electrons. The molecule has 28 heavy (non-hydrogen) atoms. The van der Waals surface area contributed by atoms with E-state index in [4.69, 9.17) is 0 Å². The highest BCUT2D eigenvalue weighted by atomic mass is 14.1. The Bertz CT molecular complexity index is 257. The predicted octanol–water partition coefficient (Wildman–Crippen LogP) is 11.0. The second-order valence-electron chi connectivity index (χ2n) is 9.60. The zero-order valence-corrected chi connectivity index (χ0v) is 20.5. The fraction of sp³-hybridized carbons (Fsp3) is 1.00. The second kappa shape index (κ2) is 25.0. The lowest BCUT2D eigenvalue weighted by atomic mass is 9.90. The minimum absolute atomic E-state index is 1.04. The van der Waals surface area contributed by atoms with Gasteiger partial charge in [0.25, 0.3) is 0 Å². The van der Waals surface area contributed by atoms with Gasteiger partial charge in [-0.3, -0.25) is 0 Å². The minimum atomic E-state index is 1.04. The lowest BCUT2D eigenvalue weighted by Gasteiger charge is -2.16. The third kappa shape index (κ3) is 22.3. The van der Waals surface area contributed by atoms with Crippen LogP contribution in [-0.4, -0.2) is 0 Å². The predicted molar refractivity (Wildman–Crippen MR) is 131 cm³/mol. The van der Waals surface area contributed by atoms with Crippen LogP contribution in [0.2, 0.25) is 0 Å². The van der Waals surface area contributed by atoms with Crippen molar-refractivity contribution in [3.05, 3.63) is 0 Å². The van der Waals surface area contributed by atoms with Crippen molar-refractivity contribution in [2.24, 2.45) is 5.92 Å². The molecule has 0 rings (SSSR count). The molecule has 0 aliphatic carbocycles. The summed E-state index contributed by atoms with van der Waals surface area (Å²) in [5.74, 6) is 1.04. The van der Waals surface area contributed by atoms with Crippen molar-refractivity contribution in [1.29, 1.82) is 0 Å². The molecule has 1 unspecified atom stereocenters. The van der Waals surface area contributed by atoms with Crippen molar-refractivity contribution in [2.75, 3.05) is 0 Å². The van der Waals surface area contributed by atoms with Crippen LogP contribution in [-0.2, 0) is 0 Å². The van der Waals surface area contributed by atoms with Crippen LogP contribution in [0.5, 0.6) is 0 Å². The molecule has 0 N–H and O–H groups in total. The van der Waals surface area contributed by atoms with E-state index in [0.717, 1.165) is 5.92 Å². The quantitative estimate of drug-likeness (QED) is 0.143. The molecule has 0 aliphatic rings. The summed E-state index contributed by atoms with van der Waals surface area (Å²) >= 11 is 0. The van der Waals surface area contributed by atoms with Gasteiger partial charge >= 0.3 is 0 Å². The molecule has 0 aromatic carbocycles. The fourth-order valence-corrected chi connectivity index (χ4v) is 4.60. The Hall–Kier alpha value is 0. The maximum Gasteiger partial charge on any atom is -0.0414 e. The standard InChI is InChI=1S/C28H58/c1-4-7-10-12-13-14-15-16-17-18-19-20-21-24-27-28(25-22-9-6-3)26-23-11-8-5-2/h28H,4-27H2,1-3H3. The van der Waals surface area contributed by atoms with Gasteiger partial charge in [-0.15, -0.1) is 0 Å². The third-order valence-electron chi connectivity index (χ3n) is 6.65. The first-order valence-electron chi connectivity index (χ1n) is 13.8. The van der Waals surface area contributed by atoms with E-state index >= 15 is 0 Å². The van der Waals surface area contributed by atoms with Crippen LogP contribution in [0, 0.1) is 5.92 Å². The number of hydrogen-bond donors (Lipinski definition) is 0. The Morgan fingerprint density at radius 1 is 0.286 bits per heavy atom. The van der Waals surface area contributed by atoms with Gasteiger partial charge in [0.05, 0.1) is 0 Å². The van der Waals surface area contributed by atoms with E-state index in [1.807, 2.05) is 0 Å². The van der Waals surface area contributed by atoms with E-state index in [0.29, 0.717) is 0 Å². The molecule has 0 saturated heterocycles. The second-order valence-corrected chi connectivity index (χ2v) is 9.60. The van der Waals surface area contributed by atoms with Crippen molar-refractivity contribution in [2.45, 2.75) is 175 Å². The Morgan fingerprint density at radius 2 is 0.500 bits per heavy atom.